The summed E-state index contributed by atoms with van der Waals surface area (Å²) in [5, 5.41) is -0.392. The van der Waals surface area contributed by atoms with Crippen LogP contribution in [0.5, 0.6) is 0 Å². The van der Waals surface area contributed by atoms with Gasteiger partial charge in [0.2, 0.25) is 5.91 Å². The minimum atomic E-state index is -0.392. The van der Waals surface area contributed by atoms with E-state index in [4.69, 9.17) is 11.6 Å². The maximum absolute atomic E-state index is 11.4. The predicted molar refractivity (Wildman–Crippen MR) is 50.3 cm³/mol. The van der Waals surface area contributed by atoms with E-state index in [1.54, 1.807) is 11.8 Å². The molecule has 1 aliphatic rings. The zero-order chi connectivity index (χ0) is 9.30. The molecule has 1 saturated carbocycles. The smallest absolute Gasteiger partial charge is 0.240 e. The summed E-state index contributed by atoms with van der Waals surface area (Å²) in [6.45, 7) is 3.81. The number of halogens is 1. The standard InChI is InChI=1S/C9H16ClNO/c1-6(10)9(12)11(3)7(2)8-4-5-8/h6-8H,4-5H2,1-3H3. The molecule has 0 bridgehead atoms. The first-order chi connectivity index (χ1) is 5.54. The molecule has 0 heterocycles. The summed E-state index contributed by atoms with van der Waals surface area (Å²) in [7, 11) is 1.84. The van der Waals surface area contributed by atoms with E-state index < -0.39 is 5.38 Å². The Bertz CT molecular complexity index is 177. The van der Waals surface area contributed by atoms with Crippen molar-refractivity contribution in [1.82, 2.24) is 4.90 Å². The van der Waals surface area contributed by atoms with Gasteiger partial charge in [-0.15, -0.1) is 11.6 Å². The molecule has 0 aromatic heterocycles. The van der Waals surface area contributed by atoms with Crippen LogP contribution in [0.15, 0.2) is 0 Å². The van der Waals surface area contributed by atoms with Crippen LogP contribution in [-0.2, 0) is 4.79 Å². The molecule has 0 aliphatic heterocycles. The lowest BCUT2D eigenvalue weighted by Crippen LogP contribution is -2.39. The Kier molecular flexibility index (Phi) is 2.99. The van der Waals surface area contributed by atoms with Crippen molar-refractivity contribution in [3.8, 4) is 0 Å². The van der Waals surface area contributed by atoms with Crippen molar-refractivity contribution < 1.29 is 4.79 Å². The van der Waals surface area contributed by atoms with Gasteiger partial charge in [0.1, 0.15) is 5.38 Å². The van der Waals surface area contributed by atoms with Crippen molar-refractivity contribution in [2.24, 2.45) is 5.92 Å². The second kappa shape index (κ2) is 3.65. The fourth-order valence-electron chi connectivity index (χ4n) is 1.38. The van der Waals surface area contributed by atoms with Gasteiger partial charge in [-0.2, -0.15) is 0 Å². The highest BCUT2D eigenvalue weighted by Gasteiger charge is 2.33. The second-order valence-electron chi connectivity index (χ2n) is 3.64. The first-order valence-electron chi connectivity index (χ1n) is 4.44. The highest BCUT2D eigenvalue weighted by atomic mass is 35.5. The zero-order valence-electron chi connectivity index (χ0n) is 7.88. The van der Waals surface area contributed by atoms with Crippen LogP contribution in [0.25, 0.3) is 0 Å². The average Bonchev–Trinajstić information content (AvgIpc) is 2.82. The molecule has 0 saturated heterocycles. The van der Waals surface area contributed by atoms with Crippen LogP contribution in [-0.4, -0.2) is 29.3 Å². The van der Waals surface area contributed by atoms with E-state index in [0.29, 0.717) is 6.04 Å². The first-order valence-corrected chi connectivity index (χ1v) is 4.88. The molecule has 1 rings (SSSR count). The lowest BCUT2D eigenvalue weighted by molar-refractivity contribution is -0.131. The lowest BCUT2D eigenvalue weighted by atomic mass is 10.2. The Morgan fingerprint density at radius 3 is 2.33 bits per heavy atom. The molecule has 12 heavy (non-hydrogen) atoms. The van der Waals surface area contributed by atoms with Gasteiger partial charge < -0.3 is 4.90 Å². The third-order valence-corrected chi connectivity index (χ3v) is 2.79. The van der Waals surface area contributed by atoms with Gasteiger partial charge in [0.15, 0.2) is 0 Å². The number of carbonyl (C=O) groups is 1. The van der Waals surface area contributed by atoms with Gasteiger partial charge >= 0.3 is 0 Å². The minimum absolute atomic E-state index is 0.0380. The Morgan fingerprint density at radius 1 is 1.50 bits per heavy atom. The van der Waals surface area contributed by atoms with Gasteiger partial charge in [0, 0.05) is 13.1 Å². The van der Waals surface area contributed by atoms with Crippen molar-refractivity contribution in [1.29, 1.82) is 0 Å². The molecule has 2 unspecified atom stereocenters. The quantitative estimate of drug-likeness (QED) is 0.621. The largest absolute Gasteiger partial charge is 0.342 e. The first kappa shape index (κ1) is 9.85. The van der Waals surface area contributed by atoms with Crippen LogP contribution in [0.3, 0.4) is 0 Å². The van der Waals surface area contributed by atoms with Gasteiger partial charge in [0.05, 0.1) is 0 Å². The normalized spacial score (nSPS) is 21.7. The zero-order valence-corrected chi connectivity index (χ0v) is 8.64. The molecule has 2 atom stereocenters. The van der Waals surface area contributed by atoms with E-state index in [1.807, 2.05) is 7.05 Å². The number of alkyl halides is 1. The number of nitrogens with zero attached hydrogens (tertiary/aromatic N) is 1. The third kappa shape index (κ3) is 2.13. The van der Waals surface area contributed by atoms with Gasteiger partial charge in [-0.1, -0.05) is 0 Å². The molecule has 1 fully saturated rings. The molecular formula is C9H16ClNO. The van der Waals surface area contributed by atoms with E-state index in [2.05, 4.69) is 6.92 Å². The van der Waals surface area contributed by atoms with E-state index in [9.17, 15) is 4.79 Å². The average molecular weight is 190 g/mol. The third-order valence-electron chi connectivity index (χ3n) is 2.60. The Morgan fingerprint density at radius 2 is 2.00 bits per heavy atom. The molecular weight excluding hydrogens is 174 g/mol. The van der Waals surface area contributed by atoms with E-state index in [1.165, 1.54) is 12.8 Å². The summed E-state index contributed by atoms with van der Waals surface area (Å²) < 4.78 is 0. The molecule has 70 valence electrons. The maximum atomic E-state index is 11.4. The number of hydrogen-bond acceptors (Lipinski definition) is 1. The summed E-state index contributed by atoms with van der Waals surface area (Å²) in [4.78, 5) is 13.2. The number of amides is 1. The molecule has 0 aromatic carbocycles. The van der Waals surface area contributed by atoms with Gasteiger partial charge in [-0.3, -0.25) is 4.79 Å². The highest BCUT2D eigenvalue weighted by molar-refractivity contribution is 6.30. The van der Waals surface area contributed by atoms with Crippen LogP contribution in [0.4, 0.5) is 0 Å². The Labute approximate surface area is 78.9 Å². The number of rotatable bonds is 3. The molecule has 1 amide bonds. The van der Waals surface area contributed by atoms with Crippen LogP contribution in [0.1, 0.15) is 26.7 Å². The number of hydrogen-bond donors (Lipinski definition) is 0. The molecule has 0 aromatic rings. The van der Waals surface area contributed by atoms with Crippen molar-refractivity contribution in [3.05, 3.63) is 0 Å². The van der Waals surface area contributed by atoms with Gasteiger partial charge in [-0.25, -0.2) is 0 Å². The summed E-state index contributed by atoms with van der Waals surface area (Å²) >= 11 is 5.70. The monoisotopic (exact) mass is 189 g/mol. The Balaban J connectivity index is 2.44. The van der Waals surface area contributed by atoms with Crippen LogP contribution >= 0.6 is 11.6 Å². The number of carbonyl (C=O) groups excluding carboxylic acids is 1. The van der Waals surface area contributed by atoms with Crippen LogP contribution in [0.2, 0.25) is 0 Å². The molecule has 2 nitrogen and oxygen atoms in total. The fourth-order valence-corrected chi connectivity index (χ4v) is 1.53. The van der Waals surface area contributed by atoms with Crippen molar-refractivity contribution in [2.45, 2.75) is 38.1 Å². The fraction of sp³-hybridized carbons (Fsp3) is 0.889. The van der Waals surface area contributed by atoms with Gasteiger partial charge in [0.25, 0.3) is 0 Å². The van der Waals surface area contributed by atoms with E-state index in [-0.39, 0.29) is 5.91 Å². The highest BCUT2D eigenvalue weighted by Crippen LogP contribution is 2.34. The molecule has 0 N–H and O–H groups in total. The summed E-state index contributed by atoms with van der Waals surface area (Å²) in [6.07, 6.45) is 2.52. The summed E-state index contributed by atoms with van der Waals surface area (Å²) in [5.74, 6) is 0.755. The van der Waals surface area contributed by atoms with Gasteiger partial charge in [-0.05, 0) is 32.6 Å². The Hall–Kier alpha value is -0.240. The van der Waals surface area contributed by atoms with Crippen LogP contribution in [0, 0.1) is 5.92 Å². The minimum Gasteiger partial charge on any atom is -0.342 e. The summed E-state index contributed by atoms with van der Waals surface area (Å²) in [6, 6.07) is 0.360. The molecule has 0 radical (unpaired) electrons. The molecule has 3 heteroatoms. The van der Waals surface area contributed by atoms with Crippen LogP contribution < -0.4 is 0 Å². The topological polar surface area (TPSA) is 20.3 Å². The SMILES string of the molecule is CC(Cl)C(=O)N(C)C(C)C1CC1. The van der Waals surface area contributed by atoms with Crippen molar-refractivity contribution >= 4 is 17.5 Å². The van der Waals surface area contributed by atoms with Crippen molar-refractivity contribution in [2.75, 3.05) is 7.05 Å². The lowest BCUT2D eigenvalue weighted by Gasteiger charge is -2.25. The van der Waals surface area contributed by atoms with E-state index >= 15 is 0 Å². The molecule has 0 spiro atoms. The summed E-state index contributed by atoms with van der Waals surface area (Å²) in [5.41, 5.74) is 0. The van der Waals surface area contributed by atoms with E-state index in [0.717, 1.165) is 5.92 Å². The maximum Gasteiger partial charge on any atom is 0.240 e. The molecule has 1 aliphatic carbocycles. The second-order valence-corrected chi connectivity index (χ2v) is 4.30. The van der Waals surface area contributed by atoms with Crippen molar-refractivity contribution in [3.63, 3.8) is 0 Å². The predicted octanol–water partition coefficient (Wildman–Crippen LogP) is 1.87.